The van der Waals surface area contributed by atoms with Gasteiger partial charge in [0.05, 0.1) is 40.9 Å². The van der Waals surface area contributed by atoms with Crippen LogP contribution in [0.3, 0.4) is 0 Å². The Labute approximate surface area is 223 Å². The van der Waals surface area contributed by atoms with Crippen molar-refractivity contribution in [2.45, 2.75) is 12.7 Å². The van der Waals surface area contributed by atoms with Crippen molar-refractivity contribution in [2.24, 2.45) is 7.05 Å². The fraction of sp³-hybridized carbons (Fsp3) is 0.111. The number of benzene rings is 2. The van der Waals surface area contributed by atoms with Crippen LogP contribution in [0.4, 0.5) is 23.2 Å². The third kappa shape index (κ3) is 5.48. The number of rotatable bonds is 6. The van der Waals surface area contributed by atoms with Crippen molar-refractivity contribution < 1.29 is 22.4 Å². The molecule has 9 nitrogen and oxygen atoms in total. The van der Waals surface area contributed by atoms with E-state index in [0.717, 1.165) is 6.07 Å². The van der Waals surface area contributed by atoms with E-state index in [4.69, 9.17) is 0 Å². The van der Waals surface area contributed by atoms with E-state index < -0.39 is 40.3 Å². The molecule has 0 spiro atoms. The summed E-state index contributed by atoms with van der Waals surface area (Å²) in [5.74, 6) is -2.15. The van der Waals surface area contributed by atoms with Crippen LogP contribution in [-0.4, -0.2) is 35.2 Å². The quantitative estimate of drug-likeness (QED) is 0.311. The summed E-state index contributed by atoms with van der Waals surface area (Å²) in [6, 6.07) is 12.7. The van der Waals surface area contributed by atoms with Crippen molar-refractivity contribution in [1.29, 1.82) is 0 Å². The normalized spacial score (nSPS) is 11.4. The Hall–Kier alpha value is -5.20. The smallest absolute Gasteiger partial charge is 0.319 e. The summed E-state index contributed by atoms with van der Waals surface area (Å²) in [4.78, 5) is 37.6. The van der Waals surface area contributed by atoms with E-state index in [1.165, 1.54) is 47.2 Å². The monoisotopic (exact) mass is 549 g/mol. The molecule has 3 heterocycles. The van der Waals surface area contributed by atoms with Gasteiger partial charge in [0, 0.05) is 36.8 Å². The van der Waals surface area contributed by atoms with E-state index in [0.29, 0.717) is 5.56 Å². The van der Waals surface area contributed by atoms with E-state index in [1.807, 2.05) is 0 Å². The highest BCUT2D eigenvalue weighted by atomic mass is 19.4. The van der Waals surface area contributed by atoms with Gasteiger partial charge in [0.2, 0.25) is 0 Å². The number of amides is 1. The minimum Gasteiger partial charge on any atom is -0.319 e. The first-order valence-corrected chi connectivity index (χ1v) is 11.7. The van der Waals surface area contributed by atoms with Gasteiger partial charge in [-0.3, -0.25) is 14.0 Å². The van der Waals surface area contributed by atoms with Gasteiger partial charge in [-0.2, -0.15) is 18.3 Å². The second kappa shape index (κ2) is 10.5. The van der Waals surface area contributed by atoms with Crippen molar-refractivity contribution in [3.05, 3.63) is 113 Å². The molecule has 0 saturated carbocycles. The minimum absolute atomic E-state index is 0.0122. The van der Waals surface area contributed by atoms with Gasteiger partial charge in [-0.1, -0.05) is 30.3 Å². The molecular weight excluding hydrogens is 530 g/mol. The number of nitrogens with one attached hydrogen (secondary N) is 1. The lowest BCUT2D eigenvalue weighted by Gasteiger charge is -2.15. The fourth-order valence-electron chi connectivity index (χ4n) is 4.00. The van der Waals surface area contributed by atoms with Crippen molar-refractivity contribution in [1.82, 2.24) is 29.3 Å². The van der Waals surface area contributed by atoms with Crippen molar-refractivity contribution >= 4 is 11.6 Å². The maximum absolute atomic E-state index is 14.9. The van der Waals surface area contributed by atoms with E-state index in [2.05, 4.69) is 25.4 Å². The average molecular weight is 549 g/mol. The third-order valence-electron chi connectivity index (χ3n) is 5.88. The maximum atomic E-state index is 14.9. The molecule has 0 radical (unpaired) electrons. The molecule has 3 aromatic heterocycles. The van der Waals surface area contributed by atoms with Crippen LogP contribution in [0.15, 0.2) is 84.2 Å². The van der Waals surface area contributed by atoms with Crippen LogP contribution in [0.25, 0.3) is 22.5 Å². The van der Waals surface area contributed by atoms with Crippen LogP contribution in [0, 0.1) is 5.82 Å². The highest BCUT2D eigenvalue weighted by Crippen LogP contribution is 2.38. The highest BCUT2D eigenvalue weighted by molar-refractivity contribution is 6.06. The van der Waals surface area contributed by atoms with Gasteiger partial charge in [0.15, 0.2) is 0 Å². The zero-order valence-electron chi connectivity index (χ0n) is 20.7. The summed E-state index contributed by atoms with van der Waals surface area (Å²) in [7, 11) is 1.52. The molecule has 40 heavy (non-hydrogen) atoms. The Morgan fingerprint density at radius 2 is 1.80 bits per heavy atom. The molecule has 2 aromatic carbocycles. The minimum atomic E-state index is -4.89. The van der Waals surface area contributed by atoms with Crippen LogP contribution in [-0.2, 0) is 19.8 Å². The maximum Gasteiger partial charge on any atom is 0.417 e. The molecule has 0 atom stereocenters. The first-order valence-electron chi connectivity index (χ1n) is 11.7. The van der Waals surface area contributed by atoms with Crippen molar-refractivity contribution in [3.63, 3.8) is 0 Å². The summed E-state index contributed by atoms with van der Waals surface area (Å²) in [6.07, 6.45) is 0.703. The van der Waals surface area contributed by atoms with Gasteiger partial charge in [-0.05, 0) is 24.3 Å². The molecule has 5 rings (SSSR count). The lowest BCUT2D eigenvalue weighted by molar-refractivity contribution is -0.137. The number of anilines is 1. The summed E-state index contributed by atoms with van der Waals surface area (Å²) >= 11 is 0. The summed E-state index contributed by atoms with van der Waals surface area (Å²) < 4.78 is 58.7. The second-order valence-corrected chi connectivity index (χ2v) is 8.65. The third-order valence-corrected chi connectivity index (χ3v) is 5.88. The molecule has 202 valence electrons. The number of hydrogen-bond donors (Lipinski definition) is 1. The number of aryl methyl sites for hydroxylation is 1. The number of halogens is 4. The summed E-state index contributed by atoms with van der Waals surface area (Å²) in [5, 5.41) is 6.51. The van der Waals surface area contributed by atoms with Gasteiger partial charge in [-0.25, -0.2) is 24.1 Å². The largest absolute Gasteiger partial charge is 0.417 e. The number of nitrogens with zero attached hydrogens (tertiary/aromatic N) is 6. The number of hydrogen-bond acceptors (Lipinski definition) is 6. The van der Waals surface area contributed by atoms with Crippen LogP contribution in [0.1, 0.15) is 21.7 Å². The Morgan fingerprint density at radius 1 is 1.02 bits per heavy atom. The number of aromatic nitrogens is 6. The Kier molecular flexibility index (Phi) is 6.94. The first kappa shape index (κ1) is 26.4. The summed E-state index contributed by atoms with van der Waals surface area (Å²) in [6.45, 7) is -0.0122. The van der Waals surface area contributed by atoms with E-state index in [1.54, 1.807) is 36.4 Å². The fourth-order valence-corrected chi connectivity index (χ4v) is 4.00. The van der Waals surface area contributed by atoms with Crippen LogP contribution in [0.2, 0.25) is 0 Å². The predicted octanol–water partition coefficient (Wildman–Crippen LogP) is 4.56. The molecule has 0 aliphatic rings. The van der Waals surface area contributed by atoms with Gasteiger partial charge in [0.1, 0.15) is 11.6 Å². The van der Waals surface area contributed by atoms with E-state index >= 15 is 0 Å². The lowest BCUT2D eigenvalue weighted by Crippen LogP contribution is -2.23. The lowest BCUT2D eigenvalue weighted by atomic mass is 9.99. The van der Waals surface area contributed by atoms with E-state index in [-0.39, 0.29) is 35.5 Å². The van der Waals surface area contributed by atoms with Gasteiger partial charge >= 0.3 is 11.9 Å². The zero-order chi connectivity index (χ0) is 28.4. The topological polar surface area (TPSA) is 108 Å². The predicted molar refractivity (Wildman–Crippen MR) is 137 cm³/mol. The molecule has 13 heteroatoms. The van der Waals surface area contributed by atoms with E-state index in [9.17, 15) is 27.2 Å². The van der Waals surface area contributed by atoms with Gasteiger partial charge in [-0.15, -0.1) is 0 Å². The number of carbonyl (C=O) groups excluding carboxylic acids is 1. The van der Waals surface area contributed by atoms with Crippen LogP contribution < -0.4 is 11.0 Å². The Bertz CT molecular complexity index is 1770. The Morgan fingerprint density at radius 3 is 2.48 bits per heavy atom. The standard InChI is InChI=1S/C27H19F4N7O2/c1-37-11-8-21(36-37)17-12-18(20(28)13-19(17)27(29,30)31)25(39)34-22-14-33-23(15-38-10-5-9-32-26(38)40)35-24(22)16-6-3-2-4-7-16/h2-14H,15H2,1H3,(H,34,39). The summed E-state index contributed by atoms with van der Waals surface area (Å²) in [5.41, 5.74) is -2.01. The SMILES string of the molecule is Cn1ccc(-c2cc(C(=O)Nc3cnc(Cn4cccnc4=O)nc3-c3ccccc3)c(F)cc2C(F)(F)F)n1. The van der Waals surface area contributed by atoms with Crippen molar-refractivity contribution in [2.75, 3.05) is 5.32 Å². The molecule has 0 saturated heterocycles. The molecule has 0 unspecified atom stereocenters. The highest BCUT2D eigenvalue weighted by Gasteiger charge is 2.36. The Balaban J connectivity index is 1.54. The molecular formula is C27H19F4N7O2. The first-order chi connectivity index (χ1) is 19.1. The molecule has 0 aliphatic heterocycles. The average Bonchev–Trinajstić information content (AvgIpc) is 3.36. The second-order valence-electron chi connectivity index (χ2n) is 8.65. The van der Waals surface area contributed by atoms with Gasteiger partial charge < -0.3 is 5.32 Å². The molecule has 1 amide bonds. The number of alkyl halides is 3. The van der Waals surface area contributed by atoms with Crippen LogP contribution >= 0.6 is 0 Å². The molecule has 0 aliphatic carbocycles. The molecule has 0 bridgehead atoms. The molecule has 5 aromatic rings. The van der Waals surface area contributed by atoms with Gasteiger partial charge in [0.25, 0.3) is 5.91 Å². The van der Waals surface area contributed by atoms with Crippen molar-refractivity contribution in [3.8, 4) is 22.5 Å². The van der Waals surface area contributed by atoms with Crippen LogP contribution in [0.5, 0.6) is 0 Å². The zero-order valence-corrected chi connectivity index (χ0v) is 20.7. The number of carbonyl (C=O) groups is 1. The molecule has 0 fully saturated rings. The molecule has 1 N–H and O–H groups in total.